The van der Waals surface area contributed by atoms with Gasteiger partial charge >= 0.3 is 0 Å². The van der Waals surface area contributed by atoms with Gasteiger partial charge in [0.15, 0.2) is 0 Å². The summed E-state index contributed by atoms with van der Waals surface area (Å²) in [7, 11) is 0. The van der Waals surface area contributed by atoms with Crippen LogP contribution in [0.4, 0.5) is 0 Å². The Morgan fingerprint density at radius 3 is 2.63 bits per heavy atom. The van der Waals surface area contributed by atoms with Crippen molar-refractivity contribution in [2.45, 2.75) is 64.5 Å². The molecule has 1 heterocycles. The molecule has 1 unspecified atom stereocenters. The third kappa shape index (κ3) is 4.04. The first-order chi connectivity index (χ1) is 9.02. The van der Waals surface area contributed by atoms with E-state index in [1.807, 2.05) is 11.3 Å². The number of aliphatic hydroxyl groups is 1. The lowest BCUT2D eigenvalue weighted by Crippen LogP contribution is -2.44. The normalized spacial score (nSPS) is 29.4. The Labute approximate surface area is 121 Å². The Hall–Kier alpha value is -0.380. The summed E-state index contributed by atoms with van der Waals surface area (Å²) in [5.74, 6) is 0.831. The Morgan fingerprint density at radius 1 is 1.42 bits per heavy atom. The monoisotopic (exact) mass is 281 g/mol. The number of hydrogen-bond donors (Lipinski definition) is 2. The second-order valence-corrected chi connectivity index (χ2v) is 7.45. The minimum Gasteiger partial charge on any atom is -0.389 e. The van der Waals surface area contributed by atoms with Crippen LogP contribution < -0.4 is 5.32 Å². The van der Waals surface area contributed by atoms with Gasteiger partial charge in [0, 0.05) is 22.3 Å². The van der Waals surface area contributed by atoms with Crippen LogP contribution in [0.5, 0.6) is 0 Å². The molecule has 0 saturated heterocycles. The Kier molecular flexibility index (Phi) is 5.04. The predicted octanol–water partition coefficient (Wildman–Crippen LogP) is 4.04. The van der Waals surface area contributed by atoms with E-state index in [4.69, 9.17) is 0 Å². The standard InChI is InChI=1S/C16H27NOS/c1-4-14-7-9-16(18,10-8-14)11-17-13(3)15-6-5-12(2)19-15/h5-6,13-14,17-18H,4,7-11H2,1-3H3. The number of aryl methyl sites for hydroxylation is 1. The van der Waals surface area contributed by atoms with Gasteiger partial charge in [-0.25, -0.2) is 0 Å². The summed E-state index contributed by atoms with van der Waals surface area (Å²) in [5.41, 5.74) is -0.480. The molecule has 0 aromatic carbocycles. The fraction of sp³-hybridized carbons (Fsp3) is 0.750. The predicted molar refractivity (Wildman–Crippen MR) is 82.7 cm³/mol. The SMILES string of the molecule is CCC1CCC(O)(CNC(C)c2ccc(C)s2)CC1. The van der Waals surface area contributed by atoms with Crippen LogP contribution in [0.1, 0.15) is 61.7 Å². The van der Waals surface area contributed by atoms with Crippen LogP contribution in [0.15, 0.2) is 12.1 Å². The summed E-state index contributed by atoms with van der Waals surface area (Å²) in [6.07, 6.45) is 5.53. The smallest absolute Gasteiger partial charge is 0.0772 e. The van der Waals surface area contributed by atoms with Crippen molar-refractivity contribution in [1.82, 2.24) is 5.32 Å². The summed E-state index contributed by atoms with van der Waals surface area (Å²) >= 11 is 1.84. The third-order valence-electron chi connectivity index (χ3n) is 4.54. The highest BCUT2D eigenvalue weighted by Crippen LogP contribution is 2.33. The quantitative estimate of drug-likeness (QED) is 0.854. The lowest BCUT2D eigenvalue weighted by atomic mass is 9.78. The van der Waals surface area contributed by atoms with Crippen molar-refractivity contribution in [2.24, 2.45) is 5.92 Å². The first-order valence-corrected chi connectivity index (χ1v) is 8.36. The van der Waals surface area contributed by atoms with Gasteiger partial charge in [-0.2, -0.15) is 0 Å². The molecule has 1 aliphatic rings. The average molecular weight is 281 g/mol. The zero-order valence-corrected chi connectivity index (χ0v) is 13.2. The van der Waals surface area contributed by atoms with Crippen LogP contribution in [0, 0.1) is 12.8 Å². The van der Waals surface area contributed by atoms with Crippen LogP contribution in [-0.4, -0.2) is 17.3 Å². The van der Waals surface area contributed by atoms with Crippen LogP contribution in [-0.2, 0) is 0 Å². The molecule has 1 aromatic rings. The van der Waals surface area contributed by atoms with Gasteiger partial charge in [-0.3, -0.25) is 0 Å². The molecule has 2 N–H and O–H groups in total. The maximum atomic E-state index is 10.6. The zero-order valence-electron chi connectivity index (χ0n) is 12.4. The molecule has 1 aliphatic carbocycles. The molecule has 0 amide bonds. The van der Waals surface area contributed by atoms with Crippen molar-refractivity contribution in [1.29, 1.82) is 0 Å². The summed E-state index contributed by atoms with van der Waals surface area (Å²) < 4.78 is 0. The number of hydrogen-bond acceptors (Lipinski definition) is 3. The fourth-order valence-corrected chi connectivity index (χ4v) is 3.83. The minimum atomic E-state index is -0.480. The number of rotatable bonds is 5. The lowest BCUT2D eigenvalue weighted by Gasteiger charge is -2.36. The van der Waals surface area contributed by atoms with Crippen molar-refractivity contribution in [3.05, 3.63) is 21.9 Å². The van der Waals surface area contributed by atoms with Gasteiger partial charge in [0.05, 0.1) is 5.60 Å². The van der Waals surface area contributed by atoms with Crippen molar-refractivity contribution in [2.75, 3.05) is 6.54 Å². The van der Waals surface area contributed by atoms with Crippen molar-refractivity contribution in [3.63, 3.8) is 0 Å². The van der Waals surface area contributed by atoms with Crippen molar-refractivity contribution in [3.8, 4) is 0 Å². The van der Waals surface area contributed by atoms with Gasteiger partial charge in [-0.05, 0) is 57.6 Å². The van der Waals surface area contributed by atoms with E-state index in [1.54, 1.807) is 0 Å². The Morgan fingerprint density at radius 2 is 2.11 bits per heavy atom. The topological polar surface area (TPSA) is 32.3 Å². The highest BCUT2D eigenvalue weighted by Gasteiger charge is 2.32. The molecule has 0 aliphatic heterocycles. The van der Waals surface area contributed by atoms with Crippen LogP contribution in [0.3, 0.4) is 0 Å². The molecule has 0 bridgehead atoms. The molecule has 1 atom stereocenters. The molecule has 1 fully saturated rings. The van der Waals surface area contributed by atoms with E-state index in [0.717, 1.165) is 25.3 Å². The molecule has 19 heavy (non-hydrogen) atoms. The van der Waals surface area contributed by atoms with Gasteiger partial charge < -0.3 is 10.4 Å². The molecular weight excluding hydrogens is 254 g/mol. The molecule has 0 radical (unpaired) electrons. The van der Waals surface area contributed by atoms with E-state index in [-0.39, 0.29) is 0 Å². The van der Waals surface area contributed by atoms with E-state index in [9.17, 15) is 5.11 Å². The van der Waals surface area contributed by atoms with Gasteiger partial charge in [-0.1, -0.05) is 13.3 Å². The van der Waals surface area contributed by atoms with Crippen LogP contribution >= 0.6 is 11.3 Å². The zero-order chi connectivity index (χ0) is 13.9. The fourth-order valence-electron chi connectivity index (χ4n) is 2.93. The van der Waals surface area contributed by atoms with E-state index in [1.165, 1.54) is 29.0 Å². The lowest BCUT2D eigenvalue weighted by molar-refractivity contribution is -0.0102. The molecule has 2 nitrogen and oxygen atoms in total. The molecule has 1 saturated carbocycles. The first-order valence-electron chi connectivity index (χ1n) is 7.54. The van der Waals surface area contributed by atoms with Gasteiger partial charge in [0.25, 0.3) is 0 Å². The van der Waals surface area contributed by atoms with E-state index >= 15 is 0 Å². The molecular formula is C16H27NOS. The maximum Gasteiger partial charge on any atom is 0.0772 e. The molecule has 1 aromatic heterocycles. The van der Waals surface area contributed by atoms with Crippen LogP contribution in [0.25, 0.3) is 0 Å². The number of nitrogens with one attached hydrogen (secondary N) is 1. The van der Waals surface area contributed by atoms with E-state index in [2.05, 4.69) is 38.2 Å². The second kappa shape index (κ2) is 6.38. The highest BCUT2D eigenvalue weighted by atomic mass is 32.1. The van der Waals surface area contributed by atoms with Crippen molar-refractivity contribution >= 4 is 11.3 Å². The minimum absolute atomic E-state index is 0.339. The molecule has 2 rings (SSSR count). The average Bonchev–Trinajstić information content (AvgIpc) is 2.84. The van der Waals surface area contributed by atoms with Gasteiger partial charge in [0.2, 0.25) is 0 Å². The number of thiophene rings is 1. The summed E-state index contributed by atoms with van der Waals surface area (Å²) in [6, 6.07) is 4.70. The van der Waals surface area contributed by atoms with Crippen molar-refractivity contribution < 1.29 is 5.11 Å². The molecule has 108 valence electrons. The summed E-state index contributed by atoms with van der Waals surface area (Å²) in [6.45, 7) is 7.31. The van der Waals surface area contributed by atoms with E-state index < -0.39 is 5.60 Å². The second-order valence-electron chi connectivity index (χ2n) is 6.13. The van der Waals surface area contributed by atoms with Crippen LogP contribution in [0.2, 0.25) is 0 Å². The molecule has 0 spiro atoms. The summed E-state index contributed by atoms with van der Waals surface area (Å²) in [5, 5.41) is 14.1. The Bertz CT molecular complexity index is 393. The third-order valence-corrected chi connectivity index (χ3v) is 5.72. The highest BCUT2D eigenvalue weighted by molar-refractivity contribution is 7.12. The first kappa shape index (κ1) is 15.0. The Balaban J connectivity index is 1.81. The van der Waals surface area contributed by atoms with Gasteiger partial charge in [-0.15, -0.1) is 11.3 Å². The van der Waals surface area contributed by atoms with E-state index in [0.29, 0.717) is 6.04 Å². The summed E-state index contributed by atoms with van der Waals surface area (Å²) in [4.78, 5) is 2.72. The molecule has 3 heteroatoms. The van der Waals surface area contributed by atoms with Gasteiger partial charge in [0.1, 0.15) is 0 Å². The maximum absolute atomic E-state index is 10.6. The largest absolute Gasteiger partial charge is 0.389 e.